The first-order valence-corrected chi connectivity index (χ1v) is 11.6. The van der Waals surface area contributed by atoms with Gasteiger partial charge in [-0.1, -0.05) is 72.3 Å². The van der Waals surface area contributed by atoms with E-state index in [0.29, 0.717) is 10.7 Å². The number of carbonyl (C=O) groups is 3. The molecular weight excluding hydrogens is 468 g/mol. The fourth-order valence-electron chi connectivity index (χ4n) is 4.32. The lowest BCUT2D eigenvalue weighted by Gasteiger charge is -2.20. The van der Waals surface area contributed by atoms with E-state index in [1.54, 1.807) is 25.1 Å². The summed E-state index contributed by atoms with van der Waals surface area (Å²) in [6.07, 6.45) is -1.20. The van der Waals surface area contributed by atoms with Gasteiger partial charge in [-0.15, -0.1) is 0 Å². The highest BCUT2D eigenvalue weighted by molar-refractivity contribution is 6.34. The molecule has 0 heterocycles. The zero-order chi connectivity index (χ0) is 24.9. The van der Waals surface area contributed by atoms with Gasteiger partial charge in [0.05, 0.1) is 10.7 Å². The second-order valence-electron chi connectivity index (χ2n) is 8.38. The normalized spacial score (nSPS) is 12.9. The number of benzene rings is 3. The van der Waals surface area contributed by atoms with Crippen LogP contribution >= 0.6 is 11.6 Å². The maximum atomic E-state index is 12.9. The third-order valence-corrected chi connectivity index (χ3v) is 6.38. The number of rotatable bonds is 8. The van der Waals surface area contributed by atoms with E-state index >= 15 is 0 Å². The molecule has 35 heavy (non-hydrogen) atoms. The van der Waals surface area contributed by atoms with Crippen LogP contribution in [0.25, 0.3) is 11.1 Å². The van der Waals surface area contributed by atoms with Gasteiger partial charge in [0.25, 0.3) is 0 Å². The number of alkyl carbamates (subject to hydrolysis) is 1. The quantitative estimate of drug-likeness (QED) is 0.392. The molecule has 0 fully saturated rings. The van der Waals surface area contributed by atoms with Crippen LogP contribution in [-0.4, -0.2) is 35.7 Å². The summed E-state index contributed by atoms with van der Waals surface area (Å²) < 4.78 is 5.52. The van der Waals surface area contributed by atoms with Crippen LogP contribution in [0.3, 0.4) is 0 Å². The van der Waals surface area contributed by atoms with Crippen molar-refractivity contribution in [1.82, 2.24) is 5.32 Å². The Kier molecular flexibility index (Phi) is 7.36. The van der Waals surface area contributed by atoms with Crippen LogP contribution in [0.5, 0.6) is 0 Å². The van der Waals surface area contributed by atoms with Gasteiger partial charge in [-0.25, -0.2) is 4.79 Å². The van der Waals surface area contributed by atoms with Crippen LogP contribution in [0.2, 0.25) is 5.02 Å². The third-order valence-electron chi connectivity index (χ3n) is 6.07. The summed E-state index contributed by atoms with van der Waals surface area (Å²) in [7, 11) is 0. The summed E-state index contributed by atoms with van der Waals surface area (Å²) >= 11 is 6.20. The lowest BCUT2D eigenvalue weighted by atomic mass is 9.98. The summed E-state index contributed by atoms with van der Waals surface area (Å²) in [5, 5.41) is 14.7. The molecule has 7 nitrogen and oxygen atoms in total. The molecular formula is C27H25ClN2O5. The highest BCUT2D eigenvalue weighted by atomic mass is 35.5. The SMILES string of the molecule is Cc1cccc(Cl)c1NC(=O)C(CCC(=O)O)NC(=O)OCC1c2ccccc2-c2ccccc21. The summed E-state index contributed by atoms with van der Waals surface area (Å²) in [4.78, 5) is 36.7. The van der Waals surface area contributed by atoms with Crippen molar-refractivity contribution in [3.63, 3.8) is 0 Å². The largest absolute Gasteiger partial charge is 0.481 e. The number of amides is 2. The molecule has 0 aromatic heterocycles. The topological polar surface area (TPSA) is 105 Å². The van der Waals surface area contributed by atoms with Gasteiger partial charge in [-0.3, -0.25) is 9.59 Å². The van der Waals surface area contributed by atoms with Gasteiger partial charge >= 0.3 is 12.1 Å². The summed E-state index contributed by atoms with van der Waals surface area (Å²) in [5.41, 5.74) is 5.49. The number of anilines is 1. The molecule has 0 bridgehead atoms. The molecule has 1 aliphatic carbocycles. The monoisotopic (exact) mass is 492 g/mol. The highest BCUT2D eigenvalue weighted by Gasteiger charge is 2.30. The number of carbonyl (C=O) groups excluding carboxylic acids is 2. The first kappa shape index (κ1) is 24.3. The molecule has 4 rings (SSSR count). The number of para-hydroxylation sites is 1. The molecule has 0 radical (unpaired) electrons. The molecule has 3 aromatic rings. The van der Waals surface area contributed by atoms with Crippen LogP contribution in [0.15, 0.2) is 66.7 Å². The highest BCUT2D eigenvalue weighted by Crippen LogP contribution is 2.44. The van der Waals surface area contributed by atoms with Gasteiger partial charge in [0.2, 0.25) is 5.91 Å². The first-order valence-electron chi connectivity index (χ1n) is 11.2. The van der Waals surface area contributed by atoms with Crippen molar-refractivity contribution in [3.05, 3.63) is 88.4 Å². The van der Waals surface area contributed by atoms with Crippen LogP contribution in [-0.2, 0) is 14.3 Å². The van der Waals surface area contributed by atoms with E-state index < -0.39 is 24.0 Å². The lowest BCUT2D eigenvalue weighted by molar-refractivity contribution is -0.137. The smallest absolute Gasteiger partial charge is 0.407 e. The molecule has 1 unspecified atom stereocenters. The fourth-order valence-corrected chi connectivity index (χ4v) is 4.59. The Labute approximate surface area is 208 Å². The Balaban J connectivity index is 1.45. The minimum Gasteiger partial charge on any atom is -0.481 e. The van der Waals surface area contributed by atoms with E-state index in [-0.39, 0.29) is 25.4 Å². The Morgan fingerprint density at radius 3 is 2.20 bits per heavy atom. The summed E-state index contributed by atoms with van der Waals surface area (Å²) in [6, 6.07) is 20.0. The van der Waals surface area contributed by atoms with E-state index in [4.69, 9.17) is 21.4 Å². The summed E-state index contributed by atoms with van der Waals surface area (Å²) in [6.45, 7) is 1.86. The third kappa shape index (κ3) is 5.46. The van der Waals surface area contributed by atoms with Gasteiger partial charge in [0.15, 0.2) is 0 Å². The molecule has 2 amide bonds. The Bertz CT molecular complexity index is 1210. The Morgan fingerprint density at radius 1 is 0.971 bits per heavy atom. The van der Waals surface area contributed by atoms with E-state index in [1.165, 1.54) is 0 Å². The van der Waals surface area contributed by atoms with E-state index in [1.807, 2.05) is 48.5 Å². The number of hydrogen-bond donors (Lipinski definition) is 3. The number of aryl methyl sites for hydroxylation is 1. The van der Waals surface area contributed by atoms with Crippen molar-refractivity contribution >= 4 is 35.3 Å². The molecule has 0 saturated carbocycles. The maximum absolute atomic E-state index is 12.9. The number of carboxylic acids is 1. The first-order chi connectivity index (χ1) is 16.8. The number of nitrogens with one attached hydrogen (secondary N) is 2. The predicted molar refractivity (Wildman–Crippen MR) is 134 cm³/mol. The lowest BCUT2D eigenvalue weighted by Crippen LogP contribution is -2.44. The van der Waals surface area contributed by atoms with Crippen LogP contribution in [0.1, 0.15) is 35.4 Å². The van der Waals surface area contributed by atoms with Crippen molar-refractivity contribution in [2.24, 2.45) is 0 Å². The van der Waals surface area contributed by atoms with Gasteiger partial charge in [-0.05, 0) is 47.2 Å². The van der Waals surface area contributed by atoms with Crippen molar-refractivity contribution in [2.45, 2.75) is 31.7 Å². The van der Waals surface area contributed by atoms with E-state index in [9.17, 15) is 14.4 Å². The average molecular weight is 493 g/mol. The molecule has 1 aliphatic rings. The average Bonchev–Trinajstić information content (AvgIpc) is 3.16. The predicted octanol–water partition coefficient (Wildman–Crippen LogP) is 5.36. The number of ether oxygens (including phenoxy) is 1. The maximum Gasteiger partial charge on any atom is 0.407 e. The minimum absolute atomic E-state index is 0.0801. The molecule has 3 N–H and O–H groups in total. The van der Waals surface area contributed by atoms with Gasteiger partial charge in [0.1, 0.15) is 12.6 Å². The standard InChI is InChI=1S/C27H25ClN2O5/c1-16-7-6-12-22(28)25(16)30-26(33)23(13-14-24(31)32)29-27(34)35-15-21-19-10-4-2-8-17(19)18-9-3-5-11-20(18)21/h2-12,21,23H,13-15H2,1H3,(H,29,34)(H,30,33)(H,31,32). The van der Waals surface area contributed by atoms with E-state index in [0.717, 1.165) is 27.8 Å². The minimum atomic E-state index is -1.11. The second kappa shape index (κ2) is 10.6. The van der Waals surface area contributed by atoms with Crippen molar-refractivity contribution in [3.8, 4) is 11.1 Å². The van der Waals surface area contributed by atoms with Gasteiger partial charge < -0.3 is 20.5 Å². The number of aliphatic carboxylic acids is 1. The number of halogens is 1. The van der Waals surface area contributed by atoms with Crippen molar-refractivity contribution in [1.29, 1.82) is 0 Å². The van der Waals surface area contributed by atoms with Gasteiger partial charge in [-0.2, -0.15) is 0 Å². The number of carboxylic acid groups (broad SMARTS) is 1. The zero-order valence-corrected chi connectivity index (χ0v) is 19.8. The Hall–Kier alpha value is -3.84. The van der Waals surface area contributed by atoms with Gasteiger partial charge in [0, 0.05) is 12.3 Å². The molecule has 3 aromatic carbocycles. The molecule has 0 spiro atoms. The van der Waals surface area contributed by atoms with Crippen molar-refractivity contribution in [2.75, 3.05) is 11.9 Å². The number of hydrogen-bond acceptors (Lipinski definition) is 4. The Morgan fingerprint density at radius 2 is 1.60 bits per heavy atom. The van der Waals surface area contributed by atoms with Crippen LogP contribution in [0.4, 0.5) is 10.5 Å². The molecule has 8 heteroatoms. The molecule has 0 saturated heterocycles. The molecule has 180 valence electrons. The summed E-state index contributed by atoms with van der Waals surface area (Å²) in [5.74, 6) is -1.78. The van der Waals surface area contributed by atoms with Crippen molar-refractivity contribution < 1.29 is 24.2 Å². The second-order valence-corrected chi connectivity index (χ2v) is 8.78. The molecule has 1 atom stereocenters. The van der Waals surface area contributed by atoms with Crippen LogP contribution < -0.4 is 10.6 Å². The number of fused-ring (bicyclic) bond motifs is 3. The fraction of sp³-hybridized carbons (Fsp3) is 0.222. The molecule has 0 aliphatic heterocycles. The zero-order valence-electron chi connectivity index (χ0n) is 19.1. The van der Waals surface area contributed by atoms with E-state index in [2.05, 4.69) is 10.6 Å². The van der Waals surface area contributed by atoms with Crippen LogP contribution in [0, 0.1) is 6.92 Å².